The van der Waals surface area contributed by atoms with Crippen LogP contribution in [-0.4, -0.2) is 25.8 Å². The van der Waals surface area contributed by atoms with Gasteiger partial charge in [0.15, 0.2) is 5.65 Å². The van der Waals surface area contributed by atoms with Crippen LogP contribution in [0.3, 0.4) is 0 Å². The molecule has 7 nitrogen and oxygen atoms in total. The zero-order valence-electron chi connectivity index (χ0n) is 15.7. The number of amides is 1. The lowest BCUT2D eigenvalue weighted by molar-refractivity contribution is 0.100. The van der Waals surface area contributed by atoms with Crippen LogP contribution in [-0.2, 0) is 0 Å². The second-order valence-electron chi connectivity index (χ2n) is 6.81. The normalized spacial score (nSPS) is 11.1. The lowest BCUT2D eigenvalue weighted by Gasteiger charge is -2.12. The highest BCUT2D eigenvalue weighted by Crippen LogP contribution is 2.32. The monoisotopic (exact) mass is 393 g/mol. The molecule has 0 aliphatic rings. The Bertz CT molecular complexity index is 1490. The topological polar surface area (TPSA) is 115 Å². The van der Waals surface area contributed by atoms with Gasteiger partial charge >= 0.3 is 0 Å². The van der Waals surface area contributed by atoms with Crippen molar-refractivity contribution in [2.45, 2.75) is 0 Å². The Morgan fingerprint density at radius 1 is 0.867 bits per heavy atom. The van der Waals surface area contributed by atoms with E-state index in [1.807, 2.05) is 60.7 Å². The maximum Gasteiger partial charge on any atom is 0.251 e. The molecule has 0 spiro atoms. The Balaban J connectivity index is 1.88. The molecule has 0 fully saturated rings. The van der Waals surface area contributed by atoms with Crippen LogP contribution in [0.1, 0.15) is 10.4 Å². The number of primary amides is 1. The van der Waals surface area contributed by atoms with E-state index in [0.717, 1.165) is 28.1 Å². The standard InChI is InChI=1S/C23H15N5O2/c24-22(30)16-12-18(29)26-23-21(16)27-20(19(28-23)13-5-2-1-3-6-13)15-8-9-17-14(11-15)7-4-10-25-17/h1-12H,(H2,24,30)(H,26,28,29). The summed E-state index contributed by atoms with van der Waals surface area (Å²) in [6.45, 7) is 0. The Morgan fingerprint density at radius 3 is 2.47 bits per heavy atom. The number of aromatic nitrogens is 4. The molecule has 1 amide bonds. The number of fused-ring (bicyclic) bond motifs is 2. The third-order valence-corrected chi connectivity index (χ3v) is 4.86. The van der Waals surface area contributed by atoms with E-state index in [0.29, 0.717) is 11.4 Å². The van der Waals surface area contributed by atoms with E-state index in [-0.39, 0.29) is 16.7 Å². The van der Waals surface area contributed by atoms with Crippen molar-refractivity contribution in [1.29, 1.82) is 0 Å². The summed E-state index contributed by atoms with van der Waals surface area (Å²) in [4.78, 5) is 40.4. The van der Waals surface area contributed by atoms with Gasteiger partial charge in [0.05, 0.1) is 22.5 Å². The van der Waals surface area contributed by atoms with Crippen molar-refractivity contribution in [3.05, 3.63) is 88.8 Å². The van der Waals surface area contributed by atoms with E-state index in [2.05, 4.69) is 15.0 Å². The summed E-state index contributed by atoms with van der Waals surface area (Å²) in [6.07, 6.45) is 1.74. The number of hydrogen-bond acceptors (Lipinski definition) is 5. The number of nitrogens with zero attached hydrogens (tertiary/aromatic N) is 3. The maximum absolute atomic E-state index is 12.0. The number of pyridine rings is 2. The summed E-state index contributed by atoms with van der Waals surface area (Å²) in [5.41, 5.74) is 9.19. The molecule has 2 aromatic carbocycles. The number of carbonyl (C=O) groups is 1. The van der Waals surface area contributed by atoms with Gasteiger partial charge in [-0.05, 0) is 18.2 Å². The Hall–Kier alpha value is -4.39. The predicted octanol–water partition coefficient (Wildman–Crippen LogP) is 3.30. The lowest BCUT2D eigenvalue weighted by atomic mass is 10.0. The number of nitrogens with two attached hydrogens (primary N) is 1. The first-order valence-corrected chi connectivity index (χ1v) is 9.25. The van der Waals surface area contributed by atoms with Gasteiger partial charge in [-0.2, -0.15) is 0 Å². The number of aromatic amines is 1. The minimum atomic E-state index is -0.735. The van der Waals surface area contributed by atoms with Crippen LogP contribution >= 0.6 is 0 Å². The minimum absolute atomic E-state index is 0.0320. The van der Waals surface area contributed by atoms with Crippen molar-refractivity contribution < 1.29 is 4.79 Å². The smallest absolute Gasteiger partial charge is 0.251 e. The van der Waals surface area contributed by atoms with Gasteiger partial charge in [-0.1, -0.05) is 42.5 Å². The zero-order chi connectivity index (χ0) is 20.7. The van der Waals surface area contributed by atoms with Gasteiger partial charge in [0.1, 0.15) is 5.52 Å². The van der Waals surface area contributed by atoms with Crippen LogP contribution in [0.15, 0.2) is 77.7 Å². The molecule has 0 saturated carbocycles. The van der Waals surface area contributed by atoms with Crippen LogP contribution in [0.5, 0.6) is 0 Å². The van der Waals surface area contributed by atoms with Gasteiger partial charge < -0.3 is 10.7 Å². The van der Waals surface area contributed by atoms with E-state index in [1.54, 1.807) is 6.20 Å². The molecule has 0 aliphatic carbocycles. The van der Waals surface area contributed by atoms with E-state index in [4.69, 9.17) is 10.7 Å². The molecule has 3 aromatic heterocycles. The molecule has 0 saturated heterocycles. The number of rotatable bonds is 3. The predicted molar refractivity (Wildman–Crippen MR) is 115 cm³/mol. The number of hydrogen-bond donors (Lipinski definition) is 2. The molecule has 3 heterocycles. The van der Waals surface area contributed by atoms with Gasteiger partial charge in [0, 0.05) is 28.8 Å². The van der Waals surface area contributed by atoms with Crippen molar-refractivity contribution in [2.75, 3.05) is 0 Å². The quantitative estimate of drug-likeness (QED) is 0.488. The molecule has 5 rings (SSSR count). The summed E-state index contributed by atoms with van der Waals surface area (Å²) in [7, 11) is 0. The molecule has 5 aromatic rings. The fourth-order valence-corrected chi connectivity index (χ4v) is 3.47. The number of carbonyl (C=O) groups excluding carboxylic acids is 1. The first-order valence-electron chi connectivity index (χ1n) is 9.25. The largest absolute Gasteiger partial charge is 0.366 e. The lowest BCUT2D eigenvalue weighted by Crippen LogP contribution is -2.18. The average molecular weight is 393 g/mol. The molecule has 0 bridgehead atoms. The van der Waals surface area contributed by atoms with Crippen LogP contribution in [0.25, 0.3) is 44.6 Å². The van der Waals surface area contributed by atoms with Crippen LogP contribution in [0.4, 0.5) is 0 Å². The van der Waals surface area contributed by atoms with Gasteiger partial charge in [-0.3, -0.25) is 14.6 Å². The fraction of sp³-hybridized carbons (Fsp3) is 0. The van der Waals surface area contributed by atoms with Crippen molar-refractivity contribution in [2.24, 2.45) is 5.73 Å². The fourth-order valence-electron chi connectivity index (χ4n) is 3.47. The van der Waals surface area contributed by atoms with Gasteiger partial charge in [0.2, 0.25) is 5.56 Å². The summed E-state index contributed by atoms with van der Waals surface area (Å²) >= 11 is 0. The molecule has 0 atom stereocenters. The molecule has 3 N–H and O–H groups in total. The second kappa shape index (κ2) is 6.89. The number of benzene rings is 2. The zero-order valence-corrected chi connectivity index (χ0v) is 15.7. The van der Waals surface area contributed by atoms with E-state index < -0.39 is 11.5 Å². The van der Waals surface area contributed by atoms with E-state index in [9.17, 15) is 9.59 Å². The highest BCUT2D eigenvalue weighted by molar-refractivity contribution is 6.04. The van der Waals surface area contributed by atoms with Crippen molar-refractivity contribution in [3.63, 3.8) is 0 Å². The van der Waals surface area contributed by atoms with Crippen LogP contribution < -0.4 is 11.3 Å². The SMILES string of the molecule is NC(=O)c1cc(=O)[nH]c2nc(-c3ccccc3)c(-c3ccc4ncccc4c3)nc12. The van der Waals surface area contributed by atoms with Gasteiger partial charge in [-0.25, -0.2) is 9.97 Å². The van der Waals surface area contributed by atoms with Crippen LogP contribution in [0, 0.1) is 0 Å². The van der Waals surface area contributed by atoms with E-state index >= 15 is 0 Å². The Kier molecular flexibility index (Phi) is 4.07. The van der Waals surface area contributed by atoms with Crippen molar-refractivity contribution in [1.82, 2.24) is 19.9 Å². The third-order valence-electron chi connectivity index (χ3n) is 4.86. The van der Waals surface area contributed by atoms with Gasteiger partial charge in [0.25, 0.3) is 5.91 Å². The third kappa shape index (κ3) is 2.98. The number of H-pyrrole nitrogens is 1. The Morgan fingerprint density at radius 2 is 1.67 bits per heavy atom. The highest BCUT2D eigenvalue weighted by atomic mass is 16.1. The van der Waals surface area contributed by atoms with Crippen LogP contribution in [0.2, 0.25) is 0 Å². The molecular formula is C23H15N5O2. The molecular weight excluding hydrogens is 378 g/mol. The molecule has 7 heteroatoms. The Labute approximate surface area is 170 Å². The average Bonchev–Trinajstić information content (AvgIpc) is 2.78. The highest BCUT2D eigenvalue weighted by Gasteiger charge is 2.18. The van der Waals surface area contributed by atoms with Crippen molar-refractivity contribution in [3.8, 4) is 22.5 Å². The molecule has 0 aliphatic heterocycles. The summed E-state index contributed by atoms with van der Waals surface area (Å²) in [5.74, 6) is -0.735. The first-order chi connectivity index (χ1) is 14.6. The van der Waals surface area contributed by atoms with Gasteiger partial charge in [-0.15, -0.1) is 0 Å². The summed E-state index contributed by atoms with van der Waals surface area (Å²) in [5, 5.41) is 0.951. The molecule has 30 heavy (non-hydrogen) atoms. The summed E-state index contributed by atoms with van der Waals surface area (Å²) < 4.78 is 0. The molecule has 0 radical (unpaired) electrons. The van der Waals surface area contributed by atoms with Crippen molar-refractivity contribution >= 4 is 28.0 Å². The minimum Gasteiger partial charge on any atom is -0.366 e. The molecule has 144 valence electrons. The maximum atomic E-state index is 12.0. The first kappa shape index (κ1) is 17.7. The second-order valence-corrected chi connectivity index (χ2v) is 6.81. The molecule has 0 unspecified atom stereocenters. The van der Waals surface area contributed by atoms with E-state index in [1.165, 1.54) is 0 Å². The number of nitrogens with one attached hydrogen (secondary N) is 1. The summed E-state index contributed by atoms with van der Waals surface area (Å²) in [6, 6.07) is 20.3.